The summed E-state index contributed by atoms with van der Waals surface area (Å²) in [6.07, 6.45) is 3.03. The summed E-state index contributed by atoms with van der Waals surface area (Å²) in [6, 6.07) is 6.79. The first-order valence-corrected chi connectivity index (χ1v) is 10.3. The van der Waals surface area contributed by atoms with Gasteiger partial charge in [-0.1, -0.05) is 26.0 Å². The zero-order valence-corrected chi connectivity index (χ0v) is 16.2. The van der Waals surface area contributed by atoms with Crippen LogP contribution >= 0.6 is 11.8 Å². The molecule has 2 fully saturated rings. The number of nitrogens with zero attached hydrogens (tertiary/aromatic N) is 2. The van der Waals surface area contributed by atoms with E-state index in [0.29, 0.717) is 36.7 Å². The normalized spacial score (nSPS) is 22.8. The average molecular weight is 375 g/mol. The summed E-state index contributed by atoms with van der Waals surface area (Å²) in [5.41, 5.74) is 1.78. The maximum Gasteiger partial charge on any atom is 0.332 e. The molecule has 0 bridgehead atoms. The molecule has 2 saturated heterocycles. The highest BCUT2D eigenvalue weighted by molar-refractivity contribution is 7.99. The summed E-state index contributed by atoms with van der Waals surface area (Å²) in [6.45, 7) is 4.69. The number of thioether (sulfide) groups is 1. The van der Waals surface area contributed by atoms with Crippen LogP contribution in [-0.2, 0) is 9.59 Å². The second kappa shape index (κ2) is 7.70. The number of rotatable bonds is 5. The van der Waals surface area contributed by atoms with E-state index in [1.165, 1.54) is 22.2 Å². The fraction of sp³-hybridized carbons (Fsp3) is 0.526. The first-order chi connectivity index (χ1) is 12.4. The molecule has 7 heteroatoms. The molecule has 140 valence electrons. The first-order valence-electron chi connectivity index (χ1n) is 8.95. The number of carbonyl (C=O) groups excluding carboxylic acids is 3. The number of urea groups is 1. The van der Waals surface area contributed by atoms with Crippen LogP contribution in [0.1, 0.15) is 38.2 Å². The summed E-state index contributed by atoms with van der Waals surface area (Å²) in [5.74, 6) is 0.586. The third kappa shape index (κ3) is 3.58. The van der Waals surface area contributed by atoms with Gasteiger partial charge in [0.15, 0.2) is 0 Å². The van der Waals surface area contributed by atoms with Gasteiger partial charge in [-0.2, -0.15) is 11.8 Å². The van der Waals surface area contributed by atoms with Gasteiger partial charge < -0.3 is 10.2 Å². The molecular formula is C19H25N3O3S. The molecule has 2 atom stereocenters. The third-order valence-corrected chi connectivity index (χ3v) is 5.55. The van der Waals surface area contributed by atoms with Crippen LogP contribution in [0.2, 0.25) is 0 Å². The number of piperidine rings is 1. The minimum atomic E-state index is -0.486. The number of hydrogen-bond donors (Lipinski definition) is 1. The first kappa shape index (κ1) is 18.8. The molecule has 6 nitrogen and oxygen atoms in total. The van der Waals surface area contributed by atoms with Crippen molar-refractivity contribution in [2.75, 3.05) is 23.5 Å². The maximum atomic E-state index is 12.9. The van der Waals surface area contributed by atoms with E-state index in [1.54, 1.807) is 4.90 Å². The molecule has 2 aliphatic heterocycles. The van der Waals surface area contributed by atoms with Crippen molar-refractivity contribution in [1.82, 2.24) is 10.2 Å². The predicted molar refractivity (Wildman–Crippen MR) is 103 cm³/mol. The van der Waals surface area contributed by atoms with Crippen molar-refractivity contribution in [1.29, 1.82) is 0 Å². The molecule has 2 aliphatic rings. The van der Waals surface area contributed by atoms with Crippen LogP contribution in [0, 0.1) is 0 Å². The molecule has 1 aromatic carbocycles. The Morgan fingerprint density at radius 3 is 2.58 bits per heavy atom. The van der Waals surface area contributed by atoms with E-state index < -0.39 is 6.04 Å². The van der Waals surface area contributed by atoms with E-state index in [0.717, 1.165) is 0 Å². The van der Waals surface area contributed by atoms with Crippen molar-refractivity contribution in [2.24, 2.45) is 0 Å². The smallest absolute Gasteiger partial charge is 0.332 e. The fourth-order valence-corrected chi connectivity index (χ4v) is 3.92. The molecule has 0 saturated carbocycles. The van der Waals surface area contributed by atoms with Gasteiger partial charge >= 0.3 is 6.03 Å². The average Bonchev–Trinajstić information content (AvgIpc) is 2.86. The maximum absolute atomic E-state index is 12.9. The minimum absolute atomic E-state index is 0.0196. The van der Waals surface area contributed by atoms with Gasteiger partial charge in [0.05, 0.1) is 11.4 Å². The molecule has 26 heavy (non-hydrogen) atoms. The van der Waals surface area contributed by atoms with Crippen LogP contribution in [0.4, 0.5) is 10.5 Å². The predicted octanol–water partition coefficient (Wildman–Crippen LogP) is 2.59. The summed E-state index contributed by atoms with van der Waals surface area (Å²) >= 11 is 1.47. The van der Waals surface area contributed by atoms with Gasteiger partial charge in [-0.15, -0.1) is 0 Å². The number of carbonyl (C=O) groups is 3. The second-order valence-electron chi connectivity index (χ2n) is 7.13. The van der Waals surface area contributed by atoms with E-state index in [2.05, 4.69) is 19.2 Å². The van der Waals surface area contributed by atoms with Gasteiger partial charge in [0, 0.05) is 12.6 Å². The van der Waals surface area contributed by atoms with E-state index in [4.69, 9.17) is 0 Å². The number of nitrogens with one attached hydrogen (secondary N) is 1. The van der Waals surface area contributed by atoms with Crippen molar-refractivity contribution < 1.29 is 14.4 Å². The lowest BCUT2D eigenvalue weighted by Gasteiger charge is -2.32. The van der Waals surface area contributed by atoms with Gasteiger partial charge in [-0.05, 0) is 42.7 Å². The van der Waals surface area contributed by atoms with Gasteiger partial charge in [-0.3, -0.25) is 9.59 Å². The molecule has 4 amide bonds. The van der Waals surface area contributed by atoms with Crippen LogP contribution in [0.15, 0.2) is 24.3 Å². The third-order valence-electron chi connectivity index (χ3n) is 5.00. The van der Waals surface area contributed by atoms with Crippen molar-refractivity contribution >= 4 is 35.3 Å². The SMILES string of the molecule is CSCC(=O)NC1CCN2C(=O)N(c3ccc(C(C)C)cc3)C(=O)C2C1. The Morgan fingerprint density at radius 2 is 1.96 bits per heavy atom. The lowest BCUT2D eigenvalue weighted by atomic mass is 9.98. The zero-order valence-electron chi connectivity index (χ0n) is 15.4. The highest BCUT2D eigenvalue weighted by atomic mass is 32.2. The Labute approximate surface area is 158 Å². The van der Waals surface area contributed by atoms with Crippen molar-refractivity contribution in [3.8, 4) is 0 Å². The molecule has 1 N–H and O–H groups in total. The number of fused-ring (bicyclic) bond motifs is 1. The molecule has 2 unspecified atom stereocenters. The van der Waals surface area contributed by atoms with E-state index >= 15 is 0 Å². The van der Waals surface area contributed by atoms with Gasteiger partial charge in [-0.25, -0.2) is 9.69 Å². The Balaban J connectivity index is 1.73. The zero-order chi connectivity index (χ0) is 18.8. The Bertz CT molecular complexity index is 704. The molecular weight excluding hydrogens is 350 g/mol. The number of amides is 4. The molecule has 2 heterocycles. The molecule has 3 rings (SSSR count). The largest absolute Gasteiger partial charge is 0.352 e. The van der Waals surface area contributed by atoms with Gasteiger partial charge in [0.2, 0.25) is 5.91 Å². The van der Waals surface area contributed by atoms with Gasteiger partial charge in [0.25, 0.3) is 5.91 Å². The lowest BCUT2D eigenvalue weighted by molar-refractivity contribution is -0.123. The summed E-state index contributed by atoms with van der Waals surface area (Å²) < 4.78 is 0. The summed E-state index contributed by atoms with van der Waals surface area (Å²) in [5, 5.41) is 2.97. The summed E-state index contributed by atoms with van der Waals surface area (Å²) in [7, 11) is 0. The van der Waals surface area contributed by atoms with E-state index in [9.17, 15) is 14.4 Å². The number of anilines is 1. The Kier molecular flexibility index (Phi) is 5.55. The van der Waals surface area contributed by atoms with Crippen molar-refractivity contribution in [3.05, 3.63) is 29.8 Å². The topological polar surface area (TPSA) is 69.7 Å². The van der Waals surface area contributed by atoms with Crippen molar-refractivity contribution in [3.63, 3.8) is 0 Å². The van der Waals surface area contributed by atoms with Gasteiger partial charge in [0.1, 0.15) is 6.04 Å². The standard InChI is InChI=1S/C19H25N3O3S/c1-12(2)13-4-6-15(7-5-13)22-18(24)16-10-14(20-17(23)11-26-3)8-9-21(16)19(22)25/h4-7,12,14,16H,8-11H2,1-3H3,(H,20,23). The Hall–Kier alpha value is -2.02. The number of benzene rings is 1. The Morgan fingerprint density at radius 1 is 1.27 bits per heavy atom. The van der Waals surface area contributed by atoms with Crippen LogP contribution < -0.4 is 10.2 Å². The molecule has 0 spiro atoms. The lowest BCUT2D eigenvalue weighted by Crippen LogP contribution is -2.50. The molecule has 0 aliphatic carbocycles. The van der Waals surface area contributed by atoms with Crippen molar-refractivity contribution in [2.45, 2.75) is 44.7 Å². The van der Waals surface area contributed by atoms with Crippen LogP contribution in [0.5, 0.6) is 0 Å². The monoisotopic (exact) mass is 375 g/mol. The number of hydrogen-bond acceptors (Lipinski definition) is 4. The fourth-order valence-electron chi connectivity index (χ4n) is 3.58. The second-order valence-corrected chi connectivity index (χ2v) is 8.00. The number of imide groups is 1. The summed E-state index contributed by atoms with van der Waals surface area (Å²) in [4.78, 5) is 40.3. The minimum Gasteiger partial charge on any atom is -0.352 e. The molecule has 0 radical (unpaired) electrons. The van der Waals surface area contributed by atoms with E-state index in [1.807, 2.05) is 30.5 Å². The quantitative estimate of drug-likeness (QED) is 0.803. The van der Waals surface area contributed by atoms with E-state index in [-0.39, 0.29) is 23.9 Å². The molecule has 0 aromatic heterocycles. The van der Waals surface area contributed by atoms with Crippen LogP contribution in [0.3, 0.4) is 0 Å². The molecule has 1 aromatic rings. The highest BCUT2D eigenvalue weighted by Crippen LogP contribution is 2.31. The van der Waals surface area contributed by atoms with Crippen LogP contribution in [0.25, 0.3) is 0 Å². The highest BCUT2D eigenvalue weighted by Gasteiger charge is 2.48. The van der Waals surface area contributed by atoms with Crippen LogP contribution in [-0.4, -0.2) is 53.4 Å².